The molecule has 1 unspecified atom stereocenters. The van der Waals surface area contributed by atoms with Gasteiger partial charge in [0.05, 0.1) is 6.61 Å². The topological polar surface area (TPSA) is 30.5 Å². The maximum Gasteiger partial charge on any atom is 0.124 e. The quantitative estimate of drug-likeness (QED) is 0.656. The van der Waals surface area contributed by atoms with Crippen molar-refractivity contribution in [3.05, 3.63) is 29.8 Å². The summed E-state index contributed by atoms with van der Waals surface area (Å²) >= 11 is 0. The molecule has 0 saturated heterocycles. The summed E-state index contributed by atoms with van der Waals surface area (Å²) in [7, 11) is 1.72. The Bertz CT molecular complexity index is 341. The minimum Gasteiger partial charge on any atom is -0.493 e. The summed E-state index contributed by atoms with van der Waals surface area (Å²) in [4.78, 5) is 0. The Hall–Kier alpha value is -1.06. The van der Waals surface area contributed by atoms with Crippen LogP contribution in [0, 0.1) is 0 Å². The van der Waals surface area contributed by atoms with E-state index in [-0.39, 0.29) is 0 Å². The number of rotatable bonds is 10. The zero-order chi connectivity index (χ0) is 13.9. The van der Waals surface area contributed by atoms with Crippen LogP contribution in [-0.4, -0.2) is 26.9 Å². The number of hydrogen-bond donors (Lipinski definition) is 1. The first kappa shape index (κ1) is 16.0. The van der Waals surface area contributed by atoms with Gasteiger partial charge >= 0.3 is 0 Å². The number of benzene rings is 1. The summed E-state index contributed by atoms with van der Waals surface area (Å²) in [5.41, 5.74) is 1.26. The zero-order valence-corrected chi connectivity index (χ0v) is 12.4. The van der Waals surface area contributed by atoms with Gasteiger partial charge in [-0.15, -0.1) is 0 Å². The molecule has 108 valence electrons. The summed E-state index contributed by atoms with van der Waals surface area (Å²) in [6.45, 7) is 6.88. The molecule has 0 radical (unpaired) electrons. The molecule has 0 amide bonds. The molecule has 1 aromatic rings. The van der Waals surface area contributed by atoms with Crippen molar-refractivity contribution in [2.45, 2.75) is 39.2 Å². The van der Waals surface area contributed by atoms with Crippen LogP contribution in [0.5, 0.6) is 5.75 Å². The van der Waals surface area contributed by atoms with Crippen molar-refractivity contribution in [3.63, 3.8) is 0 Å². The number of ether oxygens (including phenoxy) is 2. The molecule has 1 atom stereocenters. The van der Waals surface area contributed by atoms with Crippen LogP contribution < -0.4 is 10.1 Å². The van der Waals surface area contributed by atoms with Crippen molar-refractivity contribution < 1.29 is 9.47 Å². The Labute approximate surface area is 117 Å². The molecule has 3 heteroatoms. The van der Waals surface area contributed by atoms with E-state index in [4.69, 9.17) is 9.47 Å². The molecule has 0 bridgehead atoms. The summed E-state index contributed by atoms with van der Waals surface area (Å²) in [6, 6.07) is 8.69. The fraction of sp³-hybridized carbons (Fsp3) is 0.625. The van der Waals surface area contributed by atoms with Crippen LogP contribution in [-0.2, 0) is 4.74 Å². The lowest BCUT2D eigenvalue weighted by atomic mass is 10.0. The molecule has 0 heterocycles. The number of methoxy groups -OCH3 is 1. The molecule has 3 nitrogen and oxygen atoms in total. The van der Waals surface area contributed by atoms with E-state index in [2.05, 4.69) is 37.4 Å². The highest BCUT2D eigenvalue weighted by molar-refractivity contribution is 5.35. The van der Waals surface area contributed by atoms with Crippen molar-refractivity contribution in [2.24, 2.45) is 0 Å². The van der Waals surface area contributed by atoms with Gasteiger partial charge in [0, 0.05) is 31.7 Å². The average molecular weight is 265 g/mol. The van der Waals surface area contributed by atoms with Crippen LogP contribution in [0.15, 0.2) is 24.3 Å². The van der Waals surface area contributed by atoms with Crippen LogP contribution in [0.3, 0.4) is 0 Å². The standard InChI is InChI=1S/C16H27NO2/c1-4-11-17-15(5-2)14-9-6-7-10-16(14)19-13-8-12-18-3/h6-7,9-10,15,17H,4-5,8,11-13H2,1-3H3. The van der Waals surface area contributed by atoms with E-state index in [1.807, 2.05) is 6.07 Å². The first-order chi connectivity index (χ1) is 9.33. The Morgan fingerprint density at radius 3 is 2.63 bits per heavy atom. The van der Waals surface area contributed by atoms with E-state index in [9.17, 15) is 0 Å². The normalized spacial score (nSPS) is 12.4. The second kappa shape index (κ2) is 9.82. The molecule has 1 rings (SSSR count). The summed E-state index contributed by atoms with van der Waals surface area (Å²) < 4.78 is 10.9. The van der Waals surface area contributed by atoms with Gasteiger partial charge in [0.25, 0.3) is 0 Å². The minimum absolute atomic E-state index is 0.374. The van der Waals surface area contributed by atoms with E-state index < -0.39 is 0 Å². The lowest BCUT2D eigenvalue weighted by Crippen LogP contribution is -2.22. The van der Waals surface area contributed by atoms with Gasteiger partial charge in [-0.25, -0.2) is 0 Å². The monoisotopic (exact) mass is 265 g/mol. The Kier molecular flexibility index (Phi) is 8.26. The van der Waals surface area contributed by atoms with Gasteiger partial charge < -0.3 is 14.8 Å². The third-order valence-corrected chi connectivity index (χ3v) is 3.09. The third-order valence-electron chi connectivity index (χ3n) is 3.09. The van der Waals surface area contributed by atoms with E-state index in [1.54, 1.807) is 7.11 Å². The molecule has 0 aromatic heterocycles. The molecule has 1 aromatic carbocycles. The van der Waals surface area contributed by atoms with E-state index in [1.165, 1.54) is 5.56 Å². The van der Waals surface area contributed by atoms with Gasteiger partial charge in [-0.05, 0) is 25.5 Å². The third kappa shape index (κ3) is 5.62. The van der Waals surface area contributed by atoms with Gasteiger partial charge in [0.15, 0.2) is 0 Å². The number of nitrogens with one attached hydrogen (secondary N) is 1. The Morgan fingerprint density at radius 1 is 1.16 bits per heavy atom. The molecule has 0 aliphatic carbocycles. The predicted molar refractivity (Wildman–Crippen MR) is 79.8 cm³/mol. The van der Waals surface area contributed by atoms with Gasteiger partial charge in [-0.2, -0.15) is 0 Å². The van der Waals surface area contributed by atoms with Gasteiger partial charge in [0.1, 0.15) is 5.75 Å². The molecule has 1 N–H and O–H groups in total. The first-order valence-corrected chi connectivity index (χ1v) is 7.27. The molecule has 0 spiro atoms. The fourth-order valence-corrected chi connectivity index (χ4v) is 2.08. The van der Waals surface area contributed by atoms with E-state index in [0.717, 1.165) is 38.2 Å². The van der Waals surface area contributed by atoms with Crippen LogP contribution in [0.2, 0.25) is 0 Å². The van der Waals surface area contributed by atoms with Crippen LogP contribution >= 0.6 is 0 Å². The molecule has 19 heavy (non-hydrogen) atoms. The van der Waals surface area contributed by atoms with Gasteiger partial charge in [-0.3, -0.25) is 0 Å². The van der Waals surface area contributed by atoms with Crippen molar-refractivity contribution >= 4 is 0 Å². The fourth-order valence-electron chi connectivity index (χ4n) is 2.08. The average Bonchev–Trinajstić information content (AvgIpc) is 2.45. The van der Waals surface area contributed by atoms with Crippen LogP contribution in [0.4, 0.5) is 0 Å². The second-order valence-corrected chi connectivity index (χ2v) is 4.65. The summed E-state index contributed by atoms with van der Waals surface area (Å²) in [5.74, 6) is 0.994. The number of hydrogen-bond acceptors (Lipinski definition) is 3. The first-order valence-electron chi connectivity index (χ1n) is 7.27. The van der Waals surface area contributed by atoms with Crippen LogP contribution in [0.1, 0.15) is 44.7 Å². The van der Waals surface area contributed by atoms with Gasteiger partial charge in [-0.1, -0.05) is 32.0 Å². The highest BCUT2D eigenvalue weighted by Crippen LogP contribution is 2.27. The smallest absolute Gasteiger partial charge is 0.124 e. The second-order valence-electron chi connectivity index (χ2n) is 4.65. The van der Waals surface area contributed by atoms with Crippen molar-refractivity contribution in [1.29, 1.82) is 0 Å². The van der Waals surface area contributed by atoms with Crippen LogP contribution in [0.25, 0.3) is 0 Å². The number of para-hydroxylation sites is 1. The molecular weight excluding hydrogens is 238 g/mol. The lowest BCUT2D eigenvalue weighted by Gasteiger charge is -2.20. The van der Waals surface area contributed by atoms with Crippen molar-refractivity contribution in [3.8, 4) is 5.75 Å². The predicted octanol–water partition coefficient (Wildman–Crippen LogP) is 3.55. The van der Waals surface area contributed by atoms with Gasteiger partial charge in [0.2, 0.25) is 0 Å². The van der Waals surface area contributed by atoms with E-state index >= 15 is 0 Å². The maximum atomic E-state index is 5.88. The SMILES string of the molecule is CCCNC(CC)c1ccccc1OCCCOC. The Morgan fingerprint density at radius 2 is 1.95 bits per heavy atom. The highest BCUT2D eigenvalue weighted by Gasteiger charge is 2.13. The summed E-state index contributed by atoms with van der Waals surface area (Å²) in [6.07, 6.45) is 3.13. The molecular formula is C16H27NO2. The minimum atomic E-state index is 0.374. The summed E-state index contributed by atoms with van der Waals surface area (Å²) in [5, 5.41) is 3.57. The molecule has 0 aliphatic rings. The van der Waals surface area contributed by atoms with E-state index in [0.29, 0.717) is 12.6 Å². The Balaban J connectivity index is 2.64. The molecule has 0 fully saturated rings. The molecule has 0 aliphatic heterocycles. The van der Waals surface area contributed by atoms with Crippen molar-refractivity contribution in [2.75, 3.05) is 26.9 Å². The highest BCUT2D eigenvalue weighted by atomic mass is 16.5. The maximum absolute atomic E-state index is 5.88. The lowest BCUT2D eigenvalue weighted by molar-refractivity contribution is 0.171. The largest absolute Gasteiger partial charge is 0.493 e. The molecule has 0 saturated carbocycles. The van der Waals surface area contributed by atoms with Crippen molar-refractivity contribution in [1.82, 2.24) is 5.32 Å². The zero-order valence-electron chi connectivity index (χ0n) is 12.4.